The van der Waals surface area contributed by atoms with Crippen LogP contribution in [0.2, 0.25) is 0 Å². The van der Waals surface area contributed by atoms with Crippen molar-refractivity contribution in [2.24, 2.45) is 0 Å². The minimum absolute atomic E-state index is 0.0336. The molecule has 1 heterocycles. The third-order valence-electron chi connectivity index (χ3n) is 3.63. The Kier molecular flexibility index (Phi) is 3.94. The first-order chi connectivity index (χ1) is 10.5. The lowest BCUT2D eigenvalue weighted by Gasteiger charge is -2.05. The van der Waals surface area contributed by atoms with Crippen LogP contribution in [0.5, 0.6) is 0 Å². The van der Waals surface area contributed by atoms with Crippen LogP contribution >= 0.6 is 11.3 Å². The highest BCUT2D eigenvalue weighted by atomic mass is 32.1. The summed E-state index contributed by atoms with van der Waals surface area (Å²) in [5.41, 5.74) is 4.07. The van der Waals surface area contributed by atoms with Gasteiger partial charge in [0, 0.05) is 5.56 Å². The predicted octanol–water partition coefficient (Wildman–Crippen LogP) is 4.71. The van der Waals surface area contributed by atoms with E-state index in [1.807, 2.05) is 18.2 Å². The summed E-state index contributed by atoms with van der Waals surface area (Å²) in [5.74, 6) is -0.304. The lowest BCUT2D eigenvalue weighted by atomic mass is 10.0. The van der Waals surface area contributed by atoms with Crippen LogP contribution in [-0.4, -0.2) is 16.1 Å². The van der Waals surface area contributed by atoms with Gasteiger partial charge >= 0.3 is 5.97 Å². The Balaban J connectivity index is 1.95. The van der Waals surface area contributed by atoms with E-state index in [0.29, 0.717) is 5.92 Å². The highest BCUT2D eigenvalue weighted by Crippen LogP contribution is 2.31. The largest absolute Gasteiger partial charge is 0.481 e. The van der Waals surface area contributed by atoms with E-state index in [1.54, 1.807) is 11.3 Å². The molecule has 0 saturated heterocycles. The lowest BCUT2D eigenvalue weighted by Crippen LogP contribution is -1.99. The Morgan fingerprint density at radius 2 is 1.91 bits per heavy atom. The van der Waals surface area contributed by atoms with Crippen LogP contribution in [0.4, 0.5) is 0 Å². The van der Waals surface area contributed by atoms with Gasteiger partial charge in [0.1, 0.15) is 5.01 Å². The number of rotatable bonds is 4. The Hall–Kier alpha value is -2.20. The van der Waals surface area contributed by atoms with E-state index in [4.69, 9.17) is 5.11 Å². The zero-order valence-electron chi connectivity index (χ0n) is 12.5. The molecule has 0 atom stereocenters. The molecule has 0 radical (unpaired) electrons. The van der Waals surface area contributed by atoms with E-state index >= 15 is 0 Å². The Bertz CT molecular complexity index is 819. The summed E-state index contributed by atoms with van der Waals surface area (Å²) in [7, 11) is 0. The fourth-order valence-electron chi connectivity index (χ4n) is 2.39. The Labute approximate surface area is 133 Å². The minimum Gasteiger partial charge on any atom is -0.481 e. The molecular weight excluding hydrogens is 294 g/mol. The van der Waals surface area contributed by atoms with Crippen molar-refractivity contribution in [1.29, 1.82) is 0 Å². The summed E-state index contributed by atoms with van der Waals surface area (Å²) in [5, 5.41) is 9.85. The number of fused-ring (bicyclic) bond motifs is 1. The first kappa shape index (κ1) is 14.7. The van der Waals surface area contributed by atoms with Gasteiger partial charge in [-0.3, -0.25) is 4.79 Å². The van der Waals surface area contributed by atoms with E-state index in [2.05, 4.69) is 43.1 Å². The molecule has 0 amide bonds. The maximum atomic E-state index is 10.8. The average molecular weight is 311 g/mol. The normalized spacial score (nSPS) is 11.2. The lowest BCUT2D eigenvalue weighted by molar-refractivity contribution is -0.136. The number of benzene rings is 2. The number of aromatic nitrogens is 1. The topological polar surface area (TPSA) is 50.2 Å². The molecule has 0 spiro atoms. The van der Waals surface area contributed by atoms with E-state index in [9.17, 15) is 4.79 Å². The summed E-state index contributed by atoms with van der Waals surface area (Å²) in [6.45, 7) is 4.35. The van der Waals surface area contributed by atoms with Crippen molar-refractivity contribution in [3.05, 3.63) is 53.6 Å². The first-order valence-electron chi connectivity index (χ1n) is 7.24. The average Bonchev–Trinajstić information content (AvgIpc) is 2.90. The monoisotopic (exact) mass is 311 g/mol. The molecule has 0 saturated carbocycles. The smallest absolute Gasteiger partial charge is 0.307 e. The van der Waals surface area contributed by atoms with Crippen LogP contribution < -0.4 is 0 Å². The molecule has 0 bridgehead atoms. The van der Waals surface area contributed by atoms with Crippen molar-refractivity contribution < 1.29 is 9.90 Å². The summed E-state index contributed by atoms with van der Waals surface area (Å²) in [6, 6.07) is 14.2. The number of carboxylic acid groups (broad SMARTS) is 1. The zero-order chi connectivity index (χ0) is 15.7. The van der Waals surface area contributed by atoms with Crippen LogP contribution in [-0.2, 0) is 11.2 Å². The molecule has 0 aliphatic heterocycles. The van der Waals surface area contributed by atoms with Crippen molar-refractivity contribution in [3.63, 3.8) is 0 Å². The second kappa shape index (κ2) is 5.89. The summed E-state index contributed by atoms with van der Waals surface area (Å²) in [4.78, 5) is 15.5. The number of carboxylic acids is 1. The van der Waals surface area contributed by atoms with Gasteiger partial charge in [-0.2, -0.15) is 0 Å². The van der Waals surface area contributed by atoms with Gasteiger partial charge in [0.15, 0.2) is 0 Å². The summed E-state index contributed by atoms with van der Waals surface area (Å²) >= 11 is 1.63. The molecule has 0 aliphatic rings. The number of hydrogen-bond acceptors (Lipinski definition) is 3. The second-order valence-corrected chi connectivity index (χ2v) is 6.70. The van der Waals surface area contributed by atoms with Gasteiger partial charge in [-0.15, -0.1) is 11.3 Å². The molecule has 0 unspecified atom stereocenters. The quantitative estimate of drug-likeness (QED) is 0.759. The summed E-state index contributed by atoms with van der Waals surface area (Å²) in [6.07, 6.45) is 0.0336. The molecule has 2 aromatic carbocycles. The van der Waals surface area contributed by atoms with Gasteiger partial charge in [0.05, 0.1) is 16.6 Å². The number of hydrogen-bond donors (Lipinski definition) is 1. The number of aliphatic carboxylic acids is 1. The molecule has 3 nitrogen and oxygen atoms in total. The molecule has 4 heteroatoms. The van der Waals surface area contributed by atoms with Crippen molar-refractivity contribution in [3.8, 4) is 10.6 Å². The second-order valence-electron chi connectivity index (χ2n) is 5.67. The predicted molar refractivity (Wildman–Crippen MR) is 90.5 cm³/mol. The van der Waals surface area contributed by atoms with Gasteiger partial charge in [-0.25, -0.2) is 4.98 Å². The van der Waals surface area contributed by atoms with Crippen LogP contribution in [0.15, 0.2) is 42.5 Å². The standard InChI is InChI=1S/C18H17NO2S/c1-11(2)13-4-6-14(7-5-13)18-19-15-9-12(10-17(20)21)3-8-16(15)22-18/h3-9,11H,10H2,1-2H3,(H,20,21). The van der Waals surface area contributed by atoms with Gasteiger partial charge in [0.2, 0.25) is 0 Å². The molecule has 22 heavy (non-hydrogen) atoms. The fraction of sp³-hybridized carbons (Fsp3) is 0.222. The molecule has 1 N–H and O–H groups in total. The zero-order valence-corrected chi connectivity index (χ0v) is 13.4. The third kappa shape index (κ3) is 3.02. The number of carbonyl (C=O) groups is 1. The highest BCUT2D eigenvalue weighted by Gasteiger charge is 2.09. The molecule has 0 fully saturated rings. The minimum atomic E-state index is -0.820. The highest BCUT2D eigenvalue weighted by molar-refractivity contribution is 7.21. The fourth-order valence-corrected chi connectivity index (χ4v) is 3.34. The van der Waals surface area contributed by atoms with Crippen molar-refractivity contribution >= 4 is 27.5 Å². The van der Waals surface area contributed by atoms with Crippen LogP contribution in [0.1, 0.15) is 30.9 Å². The van der Waals surface area contributed by atoms with Crippen LogP contribution in [0.3, 0.4) is 0 Å². The Morgan fingerprint density at radius 3 is 2.55 bits per heavy atom. The molecule has 0 aliphatic carbocycles. The van der Waals surface area contributed by atoms with E-state index in [0.717, 1.165) is 26.4 Å². The van der Waals surface area contributed by atoms with E-state index in [-0.39, 0.29) is 6.42 Å². The van der Waals surface area contributed by atoms with Crippen LogP contribution in [0, 0.1) is 0 Å². The molecule has 1 aromatic heterocycles. The maximum absolute atomic E-state index is 10.8. The van der Waals surface area contributed by atoms with Crippen molar-refractivity contribution in [1.82, 2.24) is 4.98 Å². The SMILES string of the molecule is CC(C)c1ccc(-c2nc3cc(CC(=O)O)ccc3s2)cc1. The van der Waals surface area contributed by atoms with Gasteiger partial charge in [-0.05, 0) is 29.2 Å². The van der Waals surface area contributed by atoms with Gasteiger partial charge in [0.25, 0.3) is 0 Å². The van der Waals surface area contributed by atoms with Crippen LogP contribution in [0.25, 0.3) is 20.8 Å². The molecule has 3 aromatic rings. The number of thiazole rings is 1. The van der Waals surface area contributed by atoms with Crippen molar-refractivity contribution in [2.45, 2.75) is 26.2 Å². The van der Waals surface area contributed by atoms with Gasteiger partial charge in [-0.1, -0.05) is 44.2 Å². The molecule has 112 valence electrons. The van der Waals surface area contributed by atoms with Crippen molar-refractivity contribution in [2.75, 3.05) is 0 Å². The van der Waals surface area contributed by atoms with Gasteiger partial charge < -0.3 is 5.11 Å². The Morgan fingerprint density at radius 1 is 1.18 bits per heavy atom. The molecular formula is C18H17NO2S. The third-order valence-corrected chi connectivity index (χ3v) is 4.72. The molecule has 3 rings (SSSR count). The van der Waals surface area contributed by atoms with E-state index < -0.39 is 5.97 Å². The summed E-state index contributed by atoms with van der Waals surface area (Å²) < 4.78 is 1.08. The first-order valence-corrected chi connectivity index (χ1v) is 8.06. The maximum Gasteiger partial charge on any atom is 0.307 e. The van der Waals surface area contributed by atoms with E-state index in [1.165, 1.54) is 5.56 Å². The number of nitrogens with zero attached hydrogens (tertiary/aromatic N) is 1.